The average Bonchev–Trinajstić information content (AvgIpc) is 3.56. The van der Waals surface area contributed by atoms with Gasteiger partial charge in [0.25, 0.3) is 5.91 Å². The van der Waals surface area contributed by atoms with E-state index in [4.69, 9.17) is 14.2 Å². The molecule has 0 radical (unpaired) electrons. The molecule has 0 fully saturated rings. The average molecular weight is 507 g/mol. The van der Waals surface area contributed by atoms with Crippen LogP contribution < -0.4 is 14.2 Å². The molecule has 2 aliphatic heterocycles. The molecule has 8 heteroatoms. The van der Waals surface area contributed by atoms with E-state index in [1.165, 1.54) is 4.88 Å². The summed E-state index contributed by atoms with van der Waals surface area (Å²) in [7, 11) is 1.64. The van der Waals surface area contributed by atoms with Crippen LogP contribution in [0.15, 0.2) is 53.9 Å². The minimum atomic E-state index is -0.194. The molecule has 2 amide bonds. The first-order chi connectivity index (χ1) is 17.4. The summed E-state index contributed by atoms with van der Waals surface area (Å²) in [5.41, 5.74) is 2.67. The molecule has 0 spiro atoms. The molecule has 2 aliphatic rings. The molecular formula is C28H30N2O5S. The van der Waals surface area contributed by atoms with Crippen molar-refractivity contribution in [2.24, 2.45) is 5.92 Å². The number of hydrogen-bond acceptors (Lipinski definition) is 6. The Balaban J connectivity index is 1.41. The van der Waals surface area contributed by atoms with Gasteiger partial charge in [-0.25, -0.2) is 0 Å². The van der Waals surface area contributed by atoms with Gasteiger partial charge in [0, 0.05) is 23.5 Å². The number of amides is 2. The van der Waals surface area contributed by atoms with E-state index in [0.717, 1.165) is 23.3 Å². The van der Waals surface area contributed by atoms with Crippen molar-refractivity contribution in [3.63, 3.8) is 0 Å². The van der Waals surface area contributed by atoms with Crippen molar-refractivity contribution in [2.45, 2.75) is 26.3 Å². The maximum absolute atomic E-state index is 13.8. The zero-order valence-corrected chi connectivity index (χ0v) is 21.5. The predicted molar refractivity (Wildman–Crippen MR) is 138 cm³/mol. The smallest absolute Gasteiger partial charge is 0.254 e. The molecule has 0 unspecified atom stereocenters. The lowest BCUT2D eigenvalue weighted by atomic mass is 9.93. The third kappa shape index (κ3) is 4.78. The number of fused-ring (bicyclic) bond motifs is 2. The van der Waals surface area contributed by atoms with Crippen LogP contribution in [-0.2, 0) is 11.2 Å². The van der Waals surface area contributed by atoms with Gasteiger partial charge in [0.2, 0.25) is 12.7 Å². The monoisotopic (exact) mass is 506 g/mol. The summed E-state index contributed by atoms with van der Waals surface area (Å²) in [6.45, 7) is 5.33. The van der Waals surface area contributed by atoms with E-state index >= 15 is 0 Å². The van der Waals surface area contributed by atoms with E-state index < -0.39 is 0 Å². The molecule has 1 atom stereocenters. The highest BCUT2D eigenvalue weighted by Crippen LogP contribution is 2.38. The fourth-order valence-corrected chi connectivity index (χ4v) is 5.76. The normalized spacial score (nSPS) is 16.1. The Bertz CT molecular complexity index is 1250. The second-order valence-electron chi connectivity index (χ2n) is 9.46. The molecular weight excluding hydrogens is 476 g/mol. The fraction of sp³-hybridized carbons (Fsp3) is 0.357. The highest BCUT2D eigenvalue weighted by Gasteiger charge is 2.34. The first kappa shape index (κ1) is 24.2. The zero-order chi connectivity index (χ0) is 25.2. The highest BCUT2D eigenvalue weighted by molar-refractivity contribution is 7.10. The van der Waals surface area contributed by atoms with Crippen molar-refractivity contribution in [2.75, 3.05) is 33.5 Å². The number of hydrogen-bond donors (Lipinski definition) is 0. The molecule has 3 aromatic rings. The summed E-state index contributed by atoms with van der Waals surface area (Å²) in [5, 5.41) is 2.09. The Morgan fingerprint density at radius 3 is 2.64 bits per heavy atom. The molecule has 1 aromatic heterocycles. The predicted octanol–water partition coefficient (Wildman–Crippen LogP) is 4.76. The van der Waals surface area contributed by atoms with Gasteiger partial charge in [0.15, 0.2) is 11.5 Å². The standard InChI is InChI=1S/C28H30N2O5S/c1-18(2)15-29(28(32)20-6-9-23-24(14-20)35-17-34-23)16-26(31)30-12-10-25-22(11-13-36-25)27(30)19-4-7-21(33-3)8-5-19/h4-9,11,13-14,18,27H,10,12,15-17H2,1-3H3/t27-/m0/s1. The topological polar surface area (TPSA) is 68.3 Å². The maximum atomic E-state index is 13.8. The Hall–Kier alpha value is -3.52. The summed E-state index contributed by atoms with van der Waals surface area (Å²) < 4.78 is 16.2. The Morgan fingerprint density at radius 2 is 1.89 bits per heavy atom. The van der Waals surface area contributed by atoms with Crippen molar-refractivity contribution < 1.29 is 23.8 Å². The molecule has 0 saturated heterocycles. The Morgan fingerprint density at radius 1 is 1.11 bits per heavy atom. The van der Waals surface area contributed by atoms with Crippen molar-refractivity contribution in [3.8, 4) is 17.2 Å². The molecule has 0 aliphatic carbocycles. The molecule has 36 heavy (non-hydrogen) atoms. The van der Waals surface area contributed by atoms with Crippen LogP contribution in [0.2, 0.25) is 0 Å². The van der Waals surface area contributed by atoms with Crippen LogP contribution in [-0.4, -0.2) is 55.2 Å². The van der Waals surface area contributed by atoms with Crippen LogP contribution in [0.4, 0.5) is 0 Å². The van der Waals surface area contributed by atoms with Gasteiger partial charge in [0.1, 0.15) is 12.3 Å². The van der Waals surface area contributed by atoms with Crippen molar-refractivity contribution in [1.82, 2.24) is 9.80 Å². The van der Waals surface area contributed by atoms with Gasteiger partial charge >= 0.3 is 0 Å². The van der Waals surface area contributed by atoms with Gasteiger partial charge in [-0.15, -0.1) is 11.3 Å². The molecule has 0 N–H and O–H groups in total. The number of benzene rings is 2. The van der Waals surface area contributed by atoms with Crippen LogP contribution in [0.3, 0.4) is 0 Å². The lowest BCUT2D eigenvalue weighted by Crippen LogP contribution is -2.47. The second kappa shape index (κ2) is 10.2. The van der Waals surface area contributed by atoms with Gasteiger partial charge in [-0.3, -0.25) is 9.59 Å². The summed E-state index contributed by atoms with van der Waals surface area (Å²) in [4.78, 5) is 32.2. The van der Waals surface area contributed by atoms with Gasteiger partial charge in [0.05, 0.1) is 13.2 Å². The van der Waals surface area contributed by atoms with Crippen LogP contribution in [0, 0.1) is 5.92 Å². The Labute approximate surface area is 215 Å². The number of nitrogens with zero attached hydrogens (tertiary/aromatic N) is 2. The second-order valence-corrected chi connectivity index (χ2v) is 10.5. The van der Waals surface area contributed by atoms with Gasteiger partial charge in [-0.2, -0.15) is 0 Å². The number of ether oxygens (including phenoxy) is 3. The first-order valence-corrected chi connectivity index (χ1v) is 13.0. The van der Waals surface area contributed by atoms with E-state index in [1.807, 2.05) is 43.0 Å². The zero-order valence-electron chi connectivity index (χ0n) is 20.7. The molecule has 7 nitrogen and oxygen atoms in total. The van der Waals surface area contributed by atoms with Crippen molar-refractivity contribution in [1.29, 1.82) is 0 Å². The lowest BCUT2D eigenvalue weighted by Gasteiger charge is -2.38. The molecule has 0 bridgehead atoms. The Kier molecular flexibility index (Phi) is 6.87. The quantitative estimate of drug-likeness (QED) is 0.462. The van der Waals surface area contributed by atoms with Gasteiger partial charge in [-0.1, -0.05) is 26.0 Å². The molecule has 3 heterocycles. The van der Waals surface area contributed by atoms with Gasteiger partial charge < -0.3 is 24.0 Å². The molecule has 188 valence electrons. The van der Waals surface area contributed by atoms with E-state index in [-0.39, 0.29) is 37.1 Å². The minimum absolute atomic E-state index is 0.0115. The minimum Gasteiger partial charge on any atom is -0.497 e. The summed E-state index contributed by atoms with van der Waals surface area (Å²) in [6, 6.07) is 15.0. The van der Waals surface area contributed by atoms with E-state index in [1.54, 1.807) is 41.5 Å². The SMILES string of the molecule is COc1ccc([C@H]2c3ccsc3CCN2C(=O)CN(CC(C)C)C(=O)c2ccc3c(c2)OCO3)cc1. The van der Waals surface area contributed by atoms with Crippen LogP contribution in [0.1, 0.15) is 46.3 Å². The summed E-state index contributed by atoms with van der Waals surface area (Å²) >= 11 is 1.73. The van der Waals surface area contributed by atoms with Gasteiger partial charge in [-0.05, 0) is 65.2 Å². The lowest BCUT2D eigenvalue weighted by molar-refractivity contribution is -0.134. The molecule has 5 rings (SSSR count). The van der Waals surface area contributed by atoms with E-state index in [2.05, 4.69) is 11.4 Å². The van der Waals surface area contributed by atoms with Crippen molar-refractivity contribution >= 4 is 23.2 Å². The highest BCUT2D eigenvalue weighted by atomic mass is 32.1. The summed E-state index contributed by atoms with van der Waals surface area (Å²) in [6.07, 6.45) is 0.811. The molecule has 2 aromatic carbocycles. The number of carbonyl (C=O) groups excluding carboxylic acids is 2. The summed E-state index contributed by atoms with van der Waals surface area (Å²) in [5.74, 6) is 1.90. The number of rotatable bonds is 7. The first-order valence-electron chi connectivity index (χ1n) is 12.1. The number of thiophene rings is 1. The van der Waals surface area contributed by atoms with Crippen LogP contribution in [0.25, 0.3) is 0 Å². The van der Waals surface area contributed by atoms with Crippen molar-refractivity contribution in [3.05, 3.63) is 75.5 Å². The van der Waals surface area contributed by atoms with Crippen LogP contribution in [0.5, 0.6) is 17.2 Å². The maximum Gasteiger partial charge on any atom is 0.254 e. The largest absolute Gasteiger partial charge is 0.497 e. The number of methoxy groups -OCH3 is 1. The fourth-order valence-electron chi connectivity index (χ4n) is 4.86. The third-order valence-electron chi connectivity index (χ3n) is 6.54. The third-order valence-corrected chi connectivity index (χ3v) is 7.53. The molecule has 0 saturated carbocycles. The van der Waals surface area contributed by atoms with Crippen LogP contribution >= 0.6 is 11.3 Å². The van der Waals surface area contributed by atoms with E-state index in [9.17, 15) is 9.59 Å². The van der Waals surface area contributed by atoms with E-state index in [0.29, 0.717) is 30.2 Å². The number of carbonyl (C=O) groups is 2.